The van der Waals surface area contributed by atoms with Gasteiger partial charge in [0.05, 0.1) is 22.2 Å². The van der Waals surface area contributed by atoms with Crippen LogP contribution in [0.2, 0.25) is 0 Å². The minimum Gasteiger partial charge on any atom is -0.384 e. The Balaban J connectivity index is 1.31. The van der Waals surface area contributed by atoms with Gasteiger partial charge in [-0.15, -0.1) is 11.3 Å². The molecule has 2 aliphatic rings. The third-order valence-corrected chi connectivity index (χ3v) is 6.99. The van der Waals surface area contributed by atoms with Crippen molar-refractivity contribution in [2.75, 3.05) is 25.0 Å². The van der Waals surface area contributed by atoms with Gasteiger partial charge in [-0.3, -0.25) is 14.4 Å². The molecule has 0 radical (unpaired) electrons. The van der Waals surface area contributed by atoms with Crippen molar-refractivity contribution >= 4 is 39.2 Å². The fourth-order valence-corrected chi connectivity index (χ4v) is 4.94. The molecule has 2 fully saturated rings. The second kappa shape index (κ2) is 8.71. The number of nitriles is 1. The maximum Gasteiger partial charge on any atom is 0.261 e. The number of imidazole rings is 1. The van der Waals surface area contributed by atoms with E-state index in [1.54, 1.807) is 23.2 Å². The number of anilines is 1. The summed E-state index contributed by atoms with van der Waals surface area (Å²) >= 11 is 1.30. The van der Waals surface area contributed by atoms with Crippen molar-refractivity contribution in [3.05, 3.63) is 33.6 Å². The van der Waals surface area contributed by atoms with Gasteiger partial charge in [0.1, 0.15) is 22.6 Å². The van der Waals surface area contributed by atoms with Gasteiger partial charge in [-0.25, -0.2) is 4.98 Å². The summed E-state index contributed by atoms with van der Waals surface area (Å²) in [6.07, 6.45) is 4.37. The van der Waals surface area contributed by atoms with Crippen LogP contribution >= 0.6 is 11.3 Å². The molecule has 1 aliphatic carbocycles. The molecule has 4 N–H and O–H groups in total. The first kappa shape index (κ1) is 21.2. The van der Waals surface area contributed by atoms with Gasteiger partial charge >= 0.3 is 0 Å². The number of carbonyl (C=O) groups excluding carboxylic acids is 2. The van der Waals surface area contributed by atoms with Gasteiger partial charge in [-0.2, -0.15) is 5.26 Å². The normalized spacial score (nSPS) is 17.8. The van der Waals surface area contributed by atoms with Crippen molar-refractivity contribution in [2.24, 2.45) is 5.92 Å². The Morgan fingerprint density at radius 3 is 2.94 bits per heavy atom. The molecule has 1 saturated heterocycles. The number of aromatic nitrogens is 3. The summed E-state index contributed by atoms with van der Waals surface area (Å²) < 4.78 is 0. The van der Waals surface area contributed by atoms with E-state index in [1.165, 1.54) is 11.3 Å². The number of thiophene rings is 1. The van der Waals surface area contributed by atoms with Crippen molar-refractivity contribution in [3.63, 3.8) is 0 Å². The zero-order valence-corrected chi connectivity index (χ0v) is 18.6. The van der Waals surface area contributed by atoms with Crippen molar-refractivity contribution < 1.29 is 9.59 Å². The average molecular weight is 466 g/mol. The van der Waals surface area contributed by atoms with Gasteiger partial charge in [0.25, 0.3) is 11.5 Å². The minimum atomic E-state index is -0.273. The highest BCUT2D eigenvalue weighted by Crippen LogP contribution is 2.30. The summed E-state index contributed by atoms with van der Waals surface area (Å²) in [5.41, 5.74) is 1.49. The number of carbonyl (C=O) groups is 2. The first-order valence-electron chi connectivity index (χ1n) is 10.9. The summed E-state index contributed by atoms with van der Waals surface area (Å²) in [4.78, 5) is 50.3. The maximum absolute atomic E-state index is 12.7. The van der Waals surface area contributed by atoms with Gasteiger partial charge in [-0.1, -0.05) is 0 Å². The largest absolute Gasteiger partial charge is 0.384 e. The van der Waals surface area contributed by atoms with E-state index in [9.17, 15) is 14.4 Å². The van der Waals surface area contributed by atoms with Crippen molar-refractivity contribution in [1.29, 1.82) is 5.26 Å². The Kier molecular flexibility index (Phi) is 5.60. The molecule has 10 nitrogen and oxygen atoms in total. The first-order chi connectivity index (χ1) is 16.0. The van der Waals surface area contributed by atoms with Crippen LogP contribution in [0.15, 0.2) is 23.1 Å². The third-order valence-electron chi connectivity index (χ3n) is 5.96. The van der Waals surface area contributed by atoms with Crippen molar-refractivity contribution in [2.45, 2.75) is 31.7 Å². The predicted molar refractivity (Wildman–Crippen MR) is 124 cm³/mol. The van der Waals surface area contributed by atoms with Crippen LogP contribution in [0.5, 0.6) is 0 Å². The SMILES string of the molecule is N#CCC(=O)N1CCC(CNc2cc[nH]c(=O)c2-c2nc3sc(C(=O)NC4CC4)cc3[nH]2)C1. The molecule has 1 unspecified atom stereocenters. The summed E-state index contributed by atoms with van der Waals surface area (Å²) in [6.45, 7) is 1.82. The Hall–Kier alpha value is -3.65. The van der Waals surface area contributed by atoms with Crippen LogP contribution in [-0.2, 0) is 4.79 Å². The maximum atomic E-state index is 12.7. The van der Waals surface area contributed by atoms with E-state index in [0.717, 1.165) is 19.3 Å². The predicted octanol–water partition coefficient (Wildman–Crippen LogP) is 2.05. The molecule has 11 heteroatoms. The number of hydrogen-bond donors (Lipinski definition) is 4. The molecule has 1 aliphatic heterocycles. The standard InChI is InChI=1S/C22H23N7O3S/c23-6-3-17(30)29-8-5-12(11-29)10-25-14-4-7-24-21(32)18(14)19-27-15-9-16(33-22(15)28-19)20(31)26-13-1-2-13/h4,7,9,12-13H,1-3,5,8,10-11H2,(H,26,31)(H,27,28)(H2,24,25,32). The molecule has 0 spiro atoms. The minimum absolute atomic E-state index is 0.0887. The second-order valence-corrected chi connectivity index (χ2v) is 9.50. The third kappa shape index (κ3) is 4.47. The lowest BCUT2D eigenvalue weighted by Crippen LogP contribution is -2.29. The number of pyridine rings is 1. The molecule has 4 heterocycles. The number of nitrogens with one attached hydrogen (secondary N) is 4. The van der Waals surface area contributed by atoms with Crippen LogP contribution in [0.1, 0.15) is 35.4 Å². The van der Waals surface area contributed by atoms with E-state index >= 15 is 0 Å². The van der Waals surface area contributed by atoms with Crippen LogP contribution in [-0.4, -0.2) is 57.3 Å². The lowest BCUT2D eigenvalue weighted by atomic mass is 10.1. The molecule has 5 rings (SSSR count). The highest BCUT2D eigenvalue weighted by atomic mass is 32.1. The highest BCUT2D eigenvalue weighted by molar-refractivity contribution is 7.20. The van der Waals surface area contributed by atoms with Crippen molar-refractivity contribution in [3.8, 4) is 17.5 Å². The van der Waals surface area contributed by atoms with E-state index in [-0.39, 0.29) is 35.8 Å². The number of rotatable bonds is 7. The molecule has 1 atom stereocenters. The Morgan fingerprint density at radius 2 is 2.18 bits per heavy atom. The van der Waals surface area contributed by atoms with Crippen LogP contribution in [0, 0.1) is 17.2 Å². The first-order valence-corrected chi connectivity index (χ1v) is 11.7. The van der Waals surface area contributed by atoms with Crippen LogP contribution < -0.4 is 16.2 Å². The number of H-pyrrole nitrogens is 2. The van der Waals surface area contributed by atoms with Crippen LogP contribution in [0.3, 0.4) is 0 Å². The molecule has 1 saturated carbocycles. The molecule has 0 bridgehead atoms. The number of aromatic amines is 2. The molecule has 3 aromatic heterocycles. The Morgan fingerprint density at radius 1 is 1.33 bits per heavy atom. The van der Waals surface area contributed by atoms with Crippen molar-refractivity contribution in [1.82, 2.24) is 25.2 Å². The highest BCUT2D eigenvalue weighted by Gasteiger charge is 2.27. The Labute approximate surface area is 193 Å². The zero-order valence-electron chi connectivity index (χ0n) is 17.8. The van der Waals surface area contributed by atoms with Gasteiger partial charge in [0, 0.05) is 31.9 Å². The molecule has 3 aromatic rings. The van der Waals surface area contributed by atoms with Gasteiger partial charge < -0.3 is 25.5 Å². The number of fused-ring (bicyclic) bond motifs is 1. The molecule has 2 amide bonds. The molecule has 0 aromatic carbocycles. The second-order valence-electron chi connectivity index (χ2n) is 8.47. The molecule has 33 heavy (non-hydrogen) atoms. The van der Waals surface area contributed by atoms with Crippen LogP contribution in [0.4, 0.5) is 5.69 Å². The fourth-order valence-electron chi connectivity index (χ4n) is 4.05. The summed E-state index contributed by atoms with van der Waals surface area (Å²) in [5.74, 6) is 0.436. The van der Waals surface area contributed by atoms with E-state index in [4.69, 9.17) is 5.26 Å². The Bertz CT molecular complexity index is 1280. The lowest BCUT2D eigenvalue weighted by molar-refractivity contribution is -0.129. The molecular weight excluding hydrogens is 442 g/mol. The fraction of sp³-hybridized carbons (Fsp3) is 0.409. The quantitative estimate of drug-likeness (QED) is 0.420. The van der Waals surface area contributed by atoms with E-state index in [0.29, 0.717) is 51.9 Å². The lowest BCUT2D eigenvalue weighted by Gasteiger charge is -2.16. The van der Waals surface area contributed by atoms with Gasteiger partial charge in [-0.05, 0) is 37.3 Å². The van der Waals surface area contributed by atoms with E-state index < -0.39 is 0 Å². The summed E-state index contributed by atoms with van der Waals surface area (Å²) in [7, 11) is 0. The monoisotopic (exact) mass is 465 g/mol. The summed E-state index contributed by atoms with van der Waals surface area (Å²) in [6, 6.07) is 5.74. The number of likely N-dealkylation sites (tertiary alicyclic amines) is 1. The number of nitrogens with zero attached hydrogens (tertiary/aromatic N) is 3. The van der Waals surface area contributed by atoms with E-state index in [2.05, 4.69) is 25.6 Å². The van der Waals surface area contributed by atoms with Gasteiger partial charge in [0.2, 0.25) is 5.91 Å². The average Bonchev–Trinajstić information content (AvgIpc) is 3.17. The zero-order chi connectivity index (χ0) is 22.9. The van der Waals surface area contributed by atoms with E-state index in [1.807, 2.05) is 6.07 Å². The topological polar surface area (TPSA) is 147 Å². The number of hydrogen-bond acceptors (Lipinski definition) is 7. The van der Waals surface area contributed by atoms with Crippen LogP contribution in [0.25, 0.3) is 21.7 Å². The molecule has 170 valence electrons. The number of amides is 2. The van der Waals surface area contributed by atoms with Gasteiger partial charge in [0.15, 0.2) is 0 Å². The smallest absolute Gasteiger partial charge is 0.261 e. The summed E-state index contributed by atoms with van der Waals surface area (Å²) in [5, 5.41) is 15.0. The molecular formula is C22H23N7O3S.